The number of nitrogens with two attached hydrogens (primary N) is 1. The summed E-state index contributed by atoms with van der Waals surface area (Å²) in [5.74, 6) is -1.02. The highest BCUT2D eigenvalue weighted by atomic mass is 32.1. The van der Waals surface area contributed by atoms with Crippen LogP contribution in [0.1, 0.15) is 12.0 Å². The molecule has 4 heteroatoms. The Hall–Kier alpha value is -1.26. The Morgan fingerprint density at radius 1 is 1.43 bits per heavy atom. The van der Waals surface area contributed by atoms with E-state index in [1.54, 1.807) is 0 Å². The normalized spacial score (nSPS) is 12.1. The van der Waals surface area contributed by atoms with Crippen molar-refractivity contribution in [1.29, 1.82) is 0 Å². The number of benzene rings is 1. The molecule has 0 saturated carbocycles. The first kappa shape index (κ1) is 10.8. The van der Waals surface area contributed by atoms with Gasteiger partial charge in [0.05, 0.1) is 0 Å². The molecule has 3 N–H and O–H groups in total. The van der Waals surface area contributed by atoms with Gasteiger partial charge in [-0.05, 0) is 5.56 Å². The number of carboxylic acid groups (broad SMARTS) is 1. The quantitative estimate of drug-likeness (QED) is 0.578. The van der Waals surface area contributed by atoms with Gasteiger partial charge in [-0.25, -0.2) is 0 Å². The first-order valence-corrected chi connectivity index (χ1v) is 4.58. The van der Waals surface area contributed by atoms with E-state index in [1.807, 2.05) is 30.3 Å². The van der Waals surface area contributed by atoms with Gasteiger partial charge in [-0.15, -0.1) is 0 Å². The second-order valence-corrected chi connectivity index (χ2v) is 3.43. The number of aliphatic carboxylic acids is 1. The summed E-state index contributed by atoms with van der Waals surface area (Å²) in [7, 11) is 0. The molecular formula is C10H11NO2S. The molecule has 0 aliphatic carbocycles. The molecule has 14 heavy (non-hydrogen) atoms. The molecule has 1 unspecified atom stereocenters. The van der Waals surface area contributed by atoms with E-state index in [0.29, 0.717) is 4.86 Å². The lowest BCUT2D eigenvalue weighted by Crippen LogP contribution is -2.32. The molecule has 0 aliphatic heterocycles. The molecule has 0 heterocycles. The highest BCUT2D eigenvalue weighted by molar-refractivity contribution is 7.80. The molecule has 0 amide bonds. The standard InChI is InChI=1S/C10H11NO2S/c11-8(10(12)13)6-9(14)7-4-2-1-3-5-7/h1-5,8H,6,11H2,(H,12,13). The molecule has 1 atom stereocenters. The molecule has 0 spiro atoms. The van der Waals surface area contributed by atoms with Crippen LogP contribution in [-0.4, -0.2) is 22.0 Å². The fourth-order valence-corrected chi connectivity index (χ4v) is 1.34. The van der Waals surface area contributed by atoms with E-state index in [9.17, 15) is 4.79 Å². The minimum atomic E-state index is -1.02. The van der Waals surface area contributed by atoms with Gasteiger partial charge in [0.15, 0.2) is 0 Å². The van der Waals surface area contributed by atoms with Crippen LogP contribution in [0.4, 0.5) is 0 Å². The molecule has 74 valence electrons. The van der Waals surface area contributed by atoms with Gasteiger partial charge in [0.1, 0.15) is 6.04 Å². The zero-order valence-electron chi connectivity index (χ0n) is 7.51. The molecule has 0 aliphatic rings. The fraction of sp³-hybridized carbons (Fsp3) is 0.200. The van der Waals surface area contributed by atoms with E-state index >= 15 is 0 Å². The predicted molar refractivity (Wildman–Crippen MR) is 58.4 cm³/mol. The van der Waals surface area contributed by atoms with E-state index in [2.05, 4.69) is 0 Å². The molecule has 0 saturated heterocycles. The molecule has 0 bridgehead atoms. The first-order chi connectivity index (χ1) is 6.61. The van der Waals surface area contributed by atoms with Gasteiger partial charge in [-0.1, -0.05) is 42.5 Å². The van der Waals surface area contributed by atoms with Crippen LogP contribution in [-0.2, 0) is 4.79 Å². The lowest BCUT2D eigenvalue weighted by molar-refractivity contribution is -0.138. The Kier molecular flexibility index (Phi) is 3.73. The Morgan fingerprint density at radius 2 is 2.00 bits per heavy atom. The summed E-state index contributed by atoms with van der Waals surface area (Å²) in [6.45, 7) is 0. The van der Waals surface area contributed by atoms with Crippen LogP contribution in [0.15, 0.2) is 30.3 Å². The van der Waals surface area contributed by atoms with Crippen molar-refractivity contribution >= 4 is 23.1 Å². The molecule has 3 nitrogen and oxygen atoms in total. The van der Waals surface area contributed by atoms with Gasteiger partial charge < -0.3 is 10.8 Å². The van der Waals surface area contributed by atoms with Crippen molar-refractivity contribution in [3.63, 3.8) is 0 Å². The maximum Gasteiger partial charge on any atom is 0.320 e. The van der Waals surface area contributed by atoms with Crippen LogP contribution >= 0.6 is 12.2 Å². The third-order valence-electron chi connectivity index (χ3n) is 1.82. The maximum atomic E-state index is 10.5. The highest BCUT2D eigenvalue weighted by Gasteiger charge is 2.14. The number of hydrogen-bond donors (Lipinski definition) is 2. The topological polar surface area (TPSA) is 63.3 Å². The summed E-state index contributed by atoms with van der Waals surface area (Å²) in [5.41, 5.74) is 6.23. The second-order valence-electron chi connectivity index (χ2n) is 2.94. The minimum absolute atomic E-state index is 0.203. The van der Waals surface area contributed by atoms with E-state index in [-0.39, 0.29) is 6.42 Å². The van der Waals surface area contributed by atoms with Gasteiger partial charge in [-0.2, -0.15) is 0 Å². The Morgan fingerprint density at radius 3 is 2.50 bits per heavy atom. The zero-order chi connectivity index (χ0) is 10.6. The summed E-state index contributed by atoms with van der Waals surface area (Å²) in [6, 6.07) is 8.36. The maximum absolute atomic E-state index is 10.5. The van der Waals surface area contributed by atoms with E-state index < -0.39 is 12.0 Å². The van der Waals surface area contributed by atoms with Gasteiger partial charge >= 0.3 is 5.97 Å². The van der Waals surface area contributed by atoms with Gasteiger partial charge in [-0.3, -0.25) is 4.79 Å². The number of carbonyl (C=O) groups is 1. The molecule has 1 aromatic carbocycles. The van der Waals surface area contributed by atoms with Crippen molar-refractivity contribution in [3.8, 4) is 0 Å². The largest absolute Gasteiger partial charge is 0.480 e. The summed E-state index contributed by atoms with van der Waals surface area (Å²) in [6.07, 6.45) is 0.203. The predicted octanol–water partition coefficient (Wildman–Crippen LogP) is 1.21. The first-order valence-electron chi connectivity index (χ1n) is 4.18. The van der Waals surface area contributed by atoms with Crippen molar-refractivity contribution in [1.82, 2.24) is 0 Å². The lowest BCUT2D eigenvalue weighted by Gasteiger charge is -2.07. The average Bonchev–Trinajstić information content (AvgIpc) is 2.19. The van der Waals surface area contributed by atoms with E-state index in [1.165, 1.54) is 0 Å². The monoisotopic (exact) mass is 209 g/mol. The molecule has 0 radical (unpaired) electrons. The number of thiocarbonyl (C=S) groups is 1. The van der Waals surface area contributed by atoms with Crippen LogP contribution in [0.5, 0.6) is 0 Å². The van der Waals surface area contributed by atoms with Crippen LogP contribution in [0, 0.1) is 0 Å². The van der Waals surface area contributed by atoms with Crippen LogP contribution in [0.25, 0.3) is 0 Å². The van der Waals surface area contributed by atoms with Crippen molar-refractivity contribution in [2.75, 3.05) is 0 Å². The van der Waals surface area contributed by atoms with Gasteiger partial charge in [0, 0.05) is 11.3 Å². The summed E-state index contributed by atoms with van der Waals surface area (Å²) >= 11 is 5.07. The minimum Gasteiger partial charge on any atom is -0.480 e. The van der Waals surface area contributed by atoms with Crippen LogP contribution < -0.4 is 5.73 Å². The molecule has 0 fully saturated rings. The average molecular weight is 209 g/mol. The zero-order valence-corrected chi connectivity index (χ0v) is 8.33. The third-order valence-corrected chi connectivity index (χ3v) is 2.22. The fourth-order valence-electron chi connectivity index (χ4n) is 1.03. The summed E-state index contributed by atoms with van der Waals surface area (Å²) < 4.78 is 0. The Labute approximate surface area is 87.5 Å². The van der Waals surface area contributed by atoms with Crippen molar-refractivity contribution < 1.29 is 9.90 Å². The SMILES string of the molecule is NC(CC(=S)c1ccccc1)C(=O)O. The van der Waals surface area contributed by atoms with Crippen LogP contribution in [0.3, 0.4) is 0 Å². The molecule has 1 aromatic rings. The van der Waals surface area contributed by atoms with Crippen molar-refractivity contribution in [3.05, 3.63) is 35.9 Å². The number of hydrogen-bond acceptors (Lipinski definition) is 3. The van der Waals surface area contributed by atoms with Gasteiger partial charge in [0.25, 0.3) is 0 Å². The third kappa shape index (κ3) is 2.90. The molecule has 0 aromatic heterocycles. The van der Waals surface area contributed by atoms with Crippen molar-refractivity contribution in [2.24, 2.45) is 5.73 Å². The molecule has 1 rings (SSSR count). The van der Waals surface area contributed by atoms with Gasteiger partial charge in [0.2, 0.25) is 0 Å². The Balaban J connectivity index is 2.64. The summed E-state index contributed by atoms with van der Waals surface area (Å²) in [5, 5.41) is 8.59. The van der Waals surface area contributed by atoms with E-state index in [0.717, 1.165) is 5.56 Å². The highest BCUT2D eigenvalue weighted by Crippen LogP contribution is 2.06. The lowest BCUT2D eigenvalue weighted by atomic mass is 10.1. The number of rotatable bonds is 4. The second kappa shape index (κ2) is 4.83. The Bertz CT molecular complexity index is 337. The molecular weight excluding hydrogens is 198 g/mol. The van der Waals surface area contributed by atoms with Crippen LogP contribution in [0.2, 0.25) is 0 Å². The van der Waals surface area contributed by atoms with E-state index in [4.69, 9.17) is 23.1 Å². The smallest absolute Gasteiger partial charge is 0.320 e. The van der Waals surface area contributed by atoms with Crippen molar-refractivity contribution in [2.45, 2.75) is 12.5 Å². The summed E-state index contributed by atoms with van der Waals surface area (Å²) in [4.78, 5) is 11.1. The number of carboxylic acids is 1.